The van der Waals surface area contributed by atoms with Crippen molar-refractivity contribution in [2.24, 2.45) is 5.92 Å². The van der Waals surface area contributed by atoms with Crippen molar-refractivity contribution < 1.29 is 18.6 Å². The minimum absolute atomic E-state index is 0.0209. The van der Waals surface area contributed by atoms with E-state index in [-0.39, 0.29) is 22.9 Å². The fourth-order valence-corrected chi connectivity index (χ4v) is 4.09. The van der Waals surface area contributed by atoms with E-state index in [0.29, 0.717) is 38.0 Å². The van der Waals surface area contributed by atoms with Gasteiger partial charge in [-0.05, 0) is 68.8 Å². The molecule has 0 amide bonds. The first kappa shape index (κ1) is 21.2. The van der Waals surface area contributed by atoms with E-state index in [1.54, 1.807) is 18.2 Å². The molecule has 0 spiro atoms. The third-order valence-corrected chi connectivity index (χ3v) is 5.78. The Kier molecular flexibility index (Phi) is 6.71. The SMILES string of the molecule is CN(C)CC1CC(OCc2ccc(F)cc2)CCC1(O)c1ccc(Cl)c(F)c1. The first-order valence-corrected chi connectivity index (χ1v) is 9.84. The van der Waals surface area contributed by atoms with E-state index in [2.05, 4.69) is 0 Å². The quantitative estimate of drug-likeness (QED) is 0.747. The van der Waals surface area contributed by atoms with Crippen molar-refractivity contribution in [1.82, 2.24) is 4.90 Å². The highest BCUT2D eigenvalue weighted by atomic mass is 35.5. The fraction of sp³-hybridized carbons (Fsp3) is 0.455. The zero-order valence-electron chi connectivity index (χ0n) is 16.2. The molecule has 1 fully saturated rings. The predicted molar refractivity (Wildman–Crippen MR) is 106 cm³/mol. The van der Waals surface area contributed by atoms with Crippen LogP contribution in [0.3, 0.4) is 0 Å². The normalized spacial score (nSPS) is 25.2. The Morgan fingerprint density at radius 1 is 1.18 bits per heavy atom. The molecular weight excluding hydrogens is 384 g/mol. The highest BCUT2D eigenvalue weighted by molar-refractivity contribution is 6.30. The maximum Gasteiger partial charge on any atom is 0.142 e. The topological polar surface area (TPSA) is 32.7 Å². The van der Waals surface area contributed by atoms with Gasteiger partial charge in [-0.2, -0.15) is 0 Å². The molecule has 2 aromatic rings. The number of rotatable bonds is 6. The molecule has 0 radical (unpaired) electrons. The van der Waals surface area contributed by atoms with Crippen LogP contribution in [0.4, 0.5) is 8.78 Å². The van der Waals surface area contributed by atoms with Crippen LogP contribution in [0.15, 0.2) is 42.5 Å². The van der Waals surface area contributed by atoms with Crippen molar-refractivity contribution in [2.45, 2.75) is 37.6 Å². The van der Waals surface area contributed by atoms with E-state index in [9.17, 15) is 13.9 Å². The van der Waals surface area contributed by atoms with Crippen molar-refractivity contribution >= 4 is 11.6 Å². The molecule has 152 valence electrons. The van der Waals surface area contributed by atoms with Crippen LogP contribution < -0.4 is 0 Å². The van der Waals surface area contributed by atoms with Gasteiger partial charge in [0.15, 0.2) is 0 Å². The number of aliphatic hydroxyl groups is 1. The molecule has 0 saturated heterocycles. The number of hydrogen-bond acceptors (Lipinski definition) is 3. The number of nitrogens with zero attached hydrogens (tertiary/aromatic N) is 1. The molecular formula is C22H26ClF2NO2. The third-order valence-electron chi connectivity index (χ3n) is 5.47. The molecule has 0 bridgehead atoms. The molecule has 3 unspecified atom stereocenters. The number of hydrogen-bond donors (Lipinski definition) is 1. The van der Waals surface area contributed by atoms with Crippen molar-refractivity contribution in [2.75, 3.05) is 20.6 Å². The van der Waals surface area contributed by atoms with Gasteiger partial charge in [0, 0.05) is 12.5 Å². The van der Waals surface area contributed by atoms with Gasteiger partial charge in [0.25, 0.3) is 0 Å². The fourth-order valence-electron chi connectivity index (χ4n) is 3.97. The second-order valence-corrected chi connectivity index (χ2v) is 8.25. The first-order valence-electron chi connectivity index (χ1n) is 9.46. The highest BCUT2D eigenvalue weighted by Crippen LogP contribution is 2.43. The summed E-state index contributed by atoms with van der Waals surface area (Å²) in [5.74, 6) is -0.909. The van der Waals surface area contributed by atoms with E-state index >= 15 is 0 Å². The summed E-state index contributed by atoms with van der Waals surface area (Å²) in [7, 11) is 3.90. The third kappa shape index (κ3) is 4.90. The van der Waals surface area contributed by atoms with Crippen molar-refractivity contribution in [3.63, 3.8) is 0 Å². The Balaban J connectivity index is 1.73. The number of benzene rings is 2. The Morgan fingerprint density at radius 2 is 1.89 bits per heavy atom. The van der Waals surface area contributed by atoms with Crippen LogP contribution >= 0.6 is 11.6 Å². The molecule has 0 heterocycles. The smallest absolute Gasteiger partial charge is 0.142 e. The standard InChI is InChI=1S/C22H26ClF2NO2/c1-26(2)13-17-11-19(28-14-15-3-6-18(24)7-4-15)9-10-22(17,27)16-5-8-20(23)21(25)12-16/h3-8,12,17,19,27H,9-11,13-14H2,1-2H3. The van der Waals surface area contributed by atoms with E-state index in [0.717, 1.165) is 5.56 Å². The molecule has 1 aliphatic carbocycles. The maximum atomic E-state index is 14.0. The summed E-state index contributed by atoms with van der Waals surface area (Å²) in [6.45, 7) is 1.05. The lowest BCUT2D eigenvalue weighted by Crippen LogP contribution is -2.46. The lowest BCUT2D eigenvalue weighted by atomic mass is 9.70. The molecule has 2 aromatic carbocycles. The Hall–Kier alpha value is -1.53. The summed E-state index contributed by atoms with van der Waals surface area (Å²) in [6.07, 6.45) is 1.76. The van der Waals surface area contributed by atoms with Crippen LogP contribution in [0.2, 0.25) is 5.02 Å². The molecule has 0 aromatic heterocycles. The van der Waals surface area contributed by atoms with Crippen LogP contribution in [0.25, 0.3) is 0 Å². The average molecular weight is 410 g/mol. The van der Waals surface area contributed by atoms with E-state index in [1.165, 1.54) is 24.3 Å². The first-order chi connectivity index (χ1) is 13.3. The molecule has 6 heteroatoms. The average Bonchev–Trinajstić information content (AvgIpc) is 2.65. The van der Waals surface area contributed by atoms with Gasteiger partial charge in [-0.3, -0.25) is 0 Å². The van der Waals surface area contributed by atoms with Gasteiger partial charge < -0.3 is 14.7 Å². The van der Waals surface area contributed by atoms with Gasteiger partial charge >= 0.3 is 0 Å². The lowest BCUT2D eigenvalue weighted by Gasteiger charge is -2.44. The molecule has 3 rings (SSSR count). The van der Waals surface area contributed by atoms with E-state index in [1.807, 2.05) is 19.0 Å². The van der Waals surface area contributed by atoms with Crippen molar-refractivity contribution in [3.8, 4) is 0 Å². The number of halogens is 3. The molecule has 1 saturated carbocycles. The molecule has 3 nitrogen and oxygen atoms in total. The molecule has 0 aliphatic heterocycles. The lowest BCUT2D eigenvalue weighted by molar-refractivity contribution is -0.110. The van der Waals surface area contributed by atoms with Crippen molar-refractivity contribution in [3.05, 3.63) is 70.2 Å². The summed E-state index contributed by atoms with van der Waals surface area (Å²) in [5.41, 5.74) is 0.329. The molecule has 1 N–H and O–H groups in total. The highest BCUT2D eigenvalue weighted by Gasteiger charge is 2.44. The Morgan fingerprint density at radius 3 is 2.54 bits per heavy atom. The maximum absolute atomic E-state index is 14.0. The van der Waals surface area contributed by atoms with Crippen LogP contribution in [-0.4, -0.2) is 36.8 Å². The zero-order valence-corrected chi connectivity index (χ0v) is 16.9. The molecule has 1 aliphatic rings. The molecule has 28 heavy (non-hydrogen) atoms. The summed E-state index contributed by atoms with van der Waals surface area (Å²) in [6, 6.07) is 10.8. The second kappa shape index (κ2) is 8.87. The van der Waals surface area contributed by atoms with Gasteiger partial charge in [0.2, 0.25) is 0 Å². The van der Waals surface area contributed by atoms with Crippen LogP contribution in [-0.2, 0) is 16.9 Å². The zero-order chi connectivity index (χ0) is 20.3. The largest absolute Gasteiger partial charge is 0.385 e. The summed E-state index contributed by atoms with van der Waals surface area (Å²) in [4.78, 5) is 2.02. The van der Waals surface area contributed by atoms with Crippen LogP contribution in [0, 0.1) is 17.6 Å². The minimum Gasteiger partial charge on any atom is -0.385 e. The summed E-state index contributed by atoms with van der Waals surface area (Å²) < 4.78 is 33.1. The Bertz CT molecular complexity index is 800. The minimum atomic E-state index is -1.13. The van der Waals surface area contributed by atoms with Gasteiger partial charge in [0.1, 0.15) is 11.6 Å². The van der Waals surface area contributed by atoms with Gasteiger partial charge in [-0.15, -0.1) is 0 Å². The predicted octanol–water partition coefficient (Wildman–Crippen LogP) is 4.75. The second-order valence-electron chi connectivity index (χ2n) is 7.85. The van der Waals surface area contributed by atoms with Gasteiger partial charge in [-0.25, -0.2) is 8.78 Å². The summed E-state index contributed by atoms with van der Waals surface area (Å²) in [5, 5.41) is 11.5. The van der Waals surface area contributed by atoms with Gasteiger partial charge in [-0.1, -0.05) is 29.8 Å². The molecule has 3 atom stereocenters. The summed E-state index contributed by atoms with van der Waals surface area (Å²) >= 11 is 5.81. The van der Waals surface area contributed by atoms with Crippen LogP contribution in [0.1, 0.15) is 30.4 Å². The van der Waals surface area contributed by atoms with Crippen molar-refractivity contribution in [1.29, 1.82) is 0 Å². The Labute approximate surface area is 169 Å². The van der Waals surface area contributed by atoms with E-state index < -0.39 is 11.4 Å². The monoisotopic (exact) mass is 409 g/mol. The van der Waals surface area contributed by atoms with Gasteiger partial charge in [0.05, 0.1) is 23.3 Å². The van der Waals surface area contributed by atoms with Crippen LogP contribution in [0.5, 0.6) is 0 Å². The number of ether oxygens (including phenoxy) is 1. The van der Waals surface area contributed by atoms with E-state index in [4.69, 9.17) is 16.3 Å².